The van der Waals surface area contributed by atoms with Crippen LogP contribution in [0, 0.1) is 0 Å². The minimum atomic E-state index is -3.26. The van der Waals surface area contributed by atoms with Gasteiger partial charge in [0.15, 0.2) is 0 Å². The van der Waals surface area contributed by atoms with Crippen LogP contribution in [0.5, 0.6) is 0 Å². The van der Waals surface area contributed by atoms with Crippen molar-refractivity contribution in [1.29, 1.82) is 0 Å². The summed E-state index contributed by atoms with van der Waals surface area (Å²) < 4.78 is 33.0. The van der Waals surface area contributed by atoms with Gasteiger partial charge in [-0.3, -0.25) is 4.57 Å². The van der Waals surface area contributed by atoms with E-state index in [2.05, 4.69) is 4.98 Å². The van der Waals surface area contributed by atoms with E-state index in [4.69, 9.17) is 4.74 Å². The molecule has 0 bridgehead atoms. The van der Waals surface area contributed by atoms with Crippen molar-refractivity contribution in [1.82, 2.24) is 9.55 Å². The Bertz CT molecular complexity index is 530. The van der Waals surface area contributed by atoms with Crippen LogP contribution in [0.15, 0.2) is 17.1 Å². The molecule has 2 heterocycles. The van der Waals surface area contributed by atoms with E-state index in [1.54, 1.807) is 0 Å². The zero-order chi connectivity index (χ0) is 14.0. The van der Waals surface area contributed by atoms with Crippen LogP contribution < -0.4 is 5.69 Å². The number of aromatic nitrogens is 2. The standard InChI is InChI=1S/C12H14F2N2O3/c1-2-3-8-4-5-16(11(18)15-8)10-12(13,14)6-9(7-17)19-10/h4-5,7,9-10H,2-3,6H2,1H3. The van der Waals surface area contributed by atoms with Crippen LogP contribution in [0.2, 0.25) is 0 Å². The molecule has 1 fully saturated rings. The highest BCUT2D eigenvalue weighted by molar-refractivity contribution is 5.56. The quantitative estimate of drug-likeness (QED) is 0.775. The minimum Gasteiger partial charge on any atom is -0.341 e. The number of halogens is 2. The summed E-state index contributed by atoms with van der Waals surface area (Å²) in [6, 6.07) is 1.51. The molecule has 1 aliphatic heterocycles. The highest BCUT2D eigenvalue weighted by atomic mass is 19.3. The van der Waals surface area contributed by atoms with Gasteiger partial charge in [-0.15, -0.1) is 0 Å². The van der Waals surface area contributed by atoms with Crippen LogP contribution in [0.4, 0.5) is 8.78 Å². The van der Waals surface area contributed by atoms with E-state index in [1.165, 1.54) is 12.3 Å². The molecule has 0 aliphatic carbocycles. The Morgan fingerprint density at radius 2 is 2.37 bits per heavy atom. The number of alkyl halides is 2. The van der Waals surface area contributed by atoms with Gasteiger partial charge in [-0.2, -0.15) is 4.98 Å². The Morgan fingerprint density at radius 3 is 2.89 bits per heavy atom. The Kier molecular flexibility index (Phi) is 3.75. The van der Waals surface area contributed by atoms with Crippen molar-refractivity contribution in [3.63, 3.8) is 0 Å². The van der Waals surface area contributed by atoms with Crippen LogP contribution in [-0.2, 0) is 16.0 Å². The maximum absolute atomic E-state index is 13.7. The average Bonchev–Trinajstić information content (AvgIpc) is 2.65. The third-order valence-electron chi connectivity index (χ3n) is 2.94. The molecule has 0 saturated carbocycles. The number of aldehydes is 1. The summed E-state index contributed by atoms with van der Waals surface area (Å²) >= 11 is 0. The van der Waals surface area contributed by atoms with Crippen LogP contribution in [0.3, 0.4) is 0 Å². The molecule has 1 saturated heterocycles. The van der Waals surface area contributed by atoms with Gasteiger partial charge in [0.2, 0.25) is 6.23 Å². The average molecular weight is 272 g/mol. The number of ether oxygens (including phenoxy) is 1. The molecular formula is C12H14F2N2O3. The van der Waals surface area contributed by atoms with Crippen LogP contribution in [-0.4, -0.2) is 27.9 Å². The maximum atomic E-state index is 13.7. The molecule has 1 aliphatic rings. The largest absolute Gasteiger partial charge is 0.350 e. The lowest BCUT2D eigenvalue weighted by Gasteiger charge is -2.19. The highest BCUT2D eigenvalue weighted by Crippen LogP contribution is 2.41. The molecule has 7 heteroatoms. The van der Waals surface area contributed by atoms with Gasteiger partial charge in [0.05, 0.1) is 0 Å². The van der Waals surface area contributed by atoms with Gasteiger partial charge >= 0.3 is 5.69 Å². The Hall–Kier alpha value is -1.63. The fourth-order valence-electron chi connectivity index (χ4n) is 2.05. The molecule has 2 atom stereocenters. The third-order valence-corrected chi connectivity index (χ3v) is 2.94. The summed E-state index contributed by atoms with van der Waals surface area (Å²) in [5, 5.41) is 0. The first-order valence-electron chi connectivity index (χ1n) is 6.04. The molecule has 0 radical (unpaired) electrons. The molecule has 19 heavy (non-hydrogen) atoms. The minimum absolute atomic E-state index is 0.317. The first kappa shape index (κ1) is 13.8. The first-order chi connectivity index (χ1) is 8.97. The van der Waals surface area contributed by atoms with E-state index >= 15 is 0 Å². The predicted octanol–water partition coefficient (Wildman–Crippen LogP) is 1.32. The summed E-state index contributed by atoms with van der Waals surface area (Å²) in [7, 11) is 0. The number of hydrogen-bond acceptors (Lipinski definition) is 4. The fraction of sp³-hybridized carbons (Fsp3) is 0.583. The van der Waals surface area contributed by atoms with E-state index in [0.29, 0.717) is 18.4 Å². The van der Waals surface area contributed by atoms with Crippen molar-refractivity contribution in [3.8, 4) is 0 Å². The highest BCUT2D eigenvalue weighted by Gasteiger charge is 2.51. The Balaban J connectivity index is 2.32. The molecule has 0 N–H and O–H groups in total. The van der Waals surface area contributed by atoms with Gasteiger partial charge in [-0.25, -0.2) is 13.6 Å². The number of nitrogens with zero attached hydrogens (tertiary/aromatic N) is 2. The van der Waals surface area contributed by atoms with E-state index in [9.17, 15) is 18.4 Å². The molecule has 0 aromatic carbocycles. The molecule has 1 aromatic rings. The monoisotopic (exact) mass is 272 g/mol. The van der Waals surface area contributed by atoms with Crippen LogP contribution in [0.25, 0.3) is 0 Å². The van der Waals surface area contributed by atoms with Crippen molar-refractivity contribution in [2.24, 2.45) is 0 Å². The summed E-state index contributed by atoms with van der Waals surface area (Å²) in [4.78, 5) is 26.0. The molecule has 2 unspecified atom stereocenters. The molecule has 5 nitrogen and oxygen atoms in total. The maximum Gasteiger partial charge on any atom is 0.350 e. The predicted molar refractivity (Wildman–Crippen MR) is 62.0 cm³/mol. The molecular weight excluding hydrogens is 258 g/mol. The van der Waals surface area contributed by atoms with E-state index in [0.717, 1.165) is 11.0 Å². The lowest BCUT2D eigenvalue weighted by molar-refractivity contribution is -0.129. The first-order valence-corrected chi connectivity index (χ1v) is 6.04. The Morgan fingerprint density at radius 1 is 1.63 bits per heavy atom. The summed E-state index contributed by atoms with van der Waals surface area (Å²) in [6.45, 7) is 1.93. The van der Waals surface area contributed by atoms with Gasteiger partial charge < -0.3 is 9.53 Å². The van der Waals surface area contributed by atoms with Gasteiger partial charge in [-0.1, -0.05) is 13.3 Å². The lowest BCUT2D eigenvalue weighted by Crippen LogP contribution is -2.35. The summed E-state index contributed by atoms with van der Waals surface area (Å²) in [6.07, 6.45) is -0.705. The van der Waals surface area contributed by atoms with E-state index in [1.807, 2.05) is 6.92 Å². The molecule has 0 spiro atoms. The normalized spacial score (nSPS) is 25.4. The molecule has 1 aromatic heterocycles. The van der Waals surface area contributed by atoms with Gasteiger partial charge in [0, 0.05) is 18.3 Å². The van der Waals surface area contributed by atoms with Crippen LogP contribution >= 0.6 is 0 Å². The van der Waals surface area contributed by atoms with Crippen molar-refractivity contribution in [2.75, 3.05) is 0 Å². The molecule has 104 valence electrons. The second-order valence-corrected chi connectivity index (χ2v) is 4.49. The van der Waals surface area contributed by atoms with Crippen molar-refractivity contribution in [2.45, 2.75) is 44.4 Å². The second-order valence-electron chi connectivity index (χ2n) is 4.49. The number of carbonyl (C=O) groups is 1. The number of rotatable bonds is 4. The fourth-order valence-corrected chi connectivity index (χ4v) is 2.05. The van der Waals surface area contributed by atoms with E-state index < -0.39 is 30.4 Å². The summed E-state index contributed by atoms with van der Waals surface area (Å²) in [5.74, 6) is -3.26. The third kappa shape index (κ3) is 2.70. The zero-order valence-electron chi connectivity index (χ0n) is 10.4. The molecule has 2 rings (SSSR count). The van der Waals surface area contributed by atoms with Gasteiger partial charge in [0.1, 0.15) is 12.4 Å². The van der Waals surface area contributed by atoms with Crippen molar-refractivity contribution >= 4 is 6.29 Å². The lowest BCUT2D eigenvalue weighted by atomic mass is 10.2. The summed E-state index contributed by atoms with van der Waals surface area (Å²) in [5.41, 5.74) is -0.237. The van der Waals surface area contributed by atoms with Gasteiger partial charge in [0.25, 0.3) is 5.92 Å². The SMILES string of the molecule is CCCc1ccn(C2OC(C=O)CC2(F)F)c(=O)n1. The Labute approximate surface area is 108 Å². The smallest absolute Gasteiger partial charge is 0.341 e. The van der Waals surface area contributed by atoms with E-state index in [-0.39, 0.29) is 0 Å². The molecule has 0 amide bonds. The van der Waals surface area contributed by atoms with Gasteiger partial charge in [-0.05, 0) is 12.5 Å². The second kappa shape index (κ2) is 5.16. The van der Waals surface area contributed by atoms with Crippen molar-refractivity contribution in [3.05, 3.63) is 28.4 Å². The number of carbonyl (C=O) groups excluding carboxylic acids is 1. The number of hydrogen-bond donors (Lipinski definition) is 0. The topological polar surface area (TPSA) is 61.2 Å². The zero-order valence-corrected chi connectivity index (χ0v) is 10.4. The van der Waals surface area contributed by atoms with Crippen molar-refractivity contribution < 1.29 is 18.3 Å². The van der Waals surface area contributed by atoms with Crippen LogP contribution in [0.1, 0.15) is 31.7 Å². The number of aryl methyl sites for hydroxylation is 1.